The molecule has 0 fully saturated rings. The van der Waals surface area contributed by atoms with Gasteiger partial charge in [-0.05, 0) is 30.2 Å². The number of aliphatic carboxylic acids is 1. The van der Waals surface area contributed by atoms with E-state index in [1.807, 2.05) is 0 Å². The van der Waals surface area contributed by atoms with Gasteiger partial charge in [-0.15, -0.1) is 11.8 Å². The molecule has 2 aromatic rings. The SMILES string of the molecule is Cc1cc(=O)n2c(c1Cc1c(F)cccc1C(F)(F)F)SCC2C(=O)O. The van der Waals surface area contributed by atoms with Crippen molar-refractivity contribution >= 4 is 17.7 Å². The van der Waals surface area contributed by atoms with Crippen LogP contribution in [0.1, 0.15) is 28.3 Å². The minimum atomic E-state index is -4.73. The number of alkyl halides is 3. The van der Waals surface area contributed by atoms with Crippen LogP contribution >= 0.6 is 11.8 Å². The summed E-state index contributed by atoms with van der Waals surface area (Å²) in [4.78, 5) is 23.5. The summed E-state index contributed by atoms with van der Waals surface area (Å²) in [7, 11) is 0. The maximum Gasteiger partial charge on any atom is 0.416 e. The second-order valence-electron chi connectivity index (χ2n) is 5.92. The van der Waals surface area contributed by atoms with Crippen LogP contribution in [0.5, 0.6) is 0 Å². The standard InChI is InChI=1S/C17H13F4NO3S/c1-8-5-14(23)22-13(16(24)25)7-26-15(22)9(8)6-10-11(17(19,20)21)3-2-4-12(10)18/h2-5,13H,6-7H2,1H3,(H,24,25). The second kappa shape index (κ2) is 6.46. The molecule has 4 nitrogen and oxygen atoms in total. The van der Waals surface area contributed by atoms with Crippen LogP contribution in [0.25, 0.3) is 0 Å². The average molecular weight is 387 g/mol. The number of pyridine rings is 1. The van der Waals surface area contributed by atoms with E-state index in [1.165, 1.54) is 6.07 Å². The van der Waals surface area contributed by atoms with E-state index >= 15 is 0 Å². The molecule has 1 unspecified atom stereocenters. The Kier molecular flexibility index (Phi) is 4.60. The van der Waals surface area contributed by atoms with Gasteiger partial charge in [-0.2, -0.15) is 13.2 Å². The quantitative estimate of drug-likeness (QED) is 0.817. The zero-order chi connectivity index (χ0) is 19.2. The zero-order valence-corrected chi connectivity index (χ0v) is 14.2. The van der Waals surface area contributed by atoms with Gasteiger partial charge in [-0.3, -0.25) is 9.36 Å². The van der Waals surface area contributed by atoms with Gasteiger partial charge >= 0.3 is 12.1 Å². The number of carboxylic acids is 1. The van der Waals surface area contributed by atoms with E-state index in [4.69, 9.17) is 0 Å². The Bertz CT molecular complexity index is 952. The lowest BCUT2D eigenvalue weighted by Gasteiger charge is -2.17. The maximum absolute atomic E-state index is 14.2. The molecule has 26 heavy (non-hydrogen) atoms. The Balaban J connectivity index is 2.17. The third-order valence-corrected chi connectivity index (χ3v) is 5.48. The van der Waals surface area contributed by atoms with Crippen LogP contribution in [0.2, 0.25) is 0 Å². The number of aryl methyl sites for hydroxylation is 1. The topological polar surface area (TPSA) is 59.3 Å². The molecule has 0 saturated heterocycles. The van der Waals surface area contributed by atoms with E-state index < -0.39 is 40.7 Å². The lowest BCUT2D eigenvalue weighted by Crippen LogP contribution is -2.29. The summed E-state index contributed by atoms with van der Waals surface area (Å²) in [5.74, 6) is -2.11. The van der Waals surface area contributed by atoms with E-state index in [-0.39, 0.29) is 17.2 Å². The van der Waals surface area contributed by atoms with Gasteiger partial charge in [-0.1, -0.05) is 6.07 Å². The van der Waals surface area contributed by atoms with E-state index in [9.17, 15) is 32.3 Å². The third kappa shape index (κ3) is 3.11. The second-order valence-corrected chi connectivity index (χ2v) is 6.93. The molecule has 3 rings (SSSR count). The Morgan fingerprint density at radius 2 is 2.04 bits per heavy atom. The first kappa shape index (κ1) is 18.5. The summed E-state index contributed by atoms with van der Waals surface area (Å²) in [6.07, 6.45) is -5.11. The van der Waals surface area contributed by atoms with Gasteiger partial charge in [0.2, 0.25) is 0 Å². The van der Waals surface area contributed by atoms with E-state index in [2.05, 4.69) is 0 Å². The number of carbonyl (C=O) groups is 1. The summed E-state index contributed by atoms with van der Waals surface area (Å²) in [6, 6.07) is 2.82. The van der Waals surface area contributed by atoms with E-state index in [0.717, 1.165) is 34.5 Å². The minimum absolute atomic E-state index is 0.0877. The summed E-state index contributed by atoms with van der Waals surface area (Å²) in [6.45, 7) is 1.54. The highest BCUT2D eigenvalue weighted by Gasteiger charge is 2.36. The molecule has 1 aromatic carbocycles. The molecule has 0 spiro atoms. The monoisotopic (exact) mass is 387 g/mol. The number of benzene rings is 1. The van der Waals surface area contributed by atoms with Crippen LogP contribution in [-0.4, -0.2) is 21.4 Å². The van der Waals surface area contributed by atoms with E-state index in [0.29, 0.717) is 11.1 Å². The molecular weight excluding hydrogens is 374 g/mol. The Labute approximate surface area is 149 Å². The van der Waals surface area contributed by atoms with Gasteiger partial charge in [-0.25, -0.2) is 9.18 Å². The molecule has 0 bridgehead atoms. The van der Waals surface area contributed by atoms with Crippen LogP contribution in [0.3, 0.4) is 0 Å². The molecule has 1 aliphatic heterocycles. The molecule has 2 heterocycles. The van der Waals surface area contributed by atoms with Crippen molar-refractivity contribution in [2.24, 2.45) is 0 Å². The Morgan fingerprint density at radius 1 is 1.35 bits per heavy atom. The fraction of sp³-hybridized carbons (Fsp3) is 0.294. The fourth-order valence-corrected chi connectivity index (χ4v) is 4.39. The van der Waals surface area contributed by atoms with Gasteiger partial charge in [0.1, 0.15) is 11.9 Å². The van der Waals surface area contributed by atoms with Crippen LogP contribution in [-0.2, 0) is 17.4 Å². The number of nitrogens with zero attached hydrogens (tertiary/aromatic N) is 1. The number of aromatic nitrogens is 1. The molecule has 1 N–H and O–H groups in total. The van der Waals surface area contributed by atoms with Crippen molar-refractivity contribution in [3.05, 3.63) is 62.7 Å². The molecule has 0 saturated carbocycles. The van der Waals surface area contributed by atoms with Crippen molar-refractivity contribution in [1.82, 2.24) is 4.57 Å². The molecule has 1 atom stereocenters. The van der Waals surface area contributed by atoms with Gasteiger partial charge in [0.25, 0.3) is 5.56 Å². The Hall–Kier alpha value is -2.29. The highest BCUT2D eigenvalue weighted by atomic mass is 32.2. The largest absolute Gasteiger partial charge is 0.480 e. The number of hydrogen-bond acceptors (Lipinski definition) is 3. The summed E-state index contributed by atoms with van der Waals surface area (Å²) in [5.41, 5.74) is -1.42. The van der Waals surface area contributed by atoms with Crippen molar-refractivity contribution in [3.8, 4) is 0 Å². The van der Waals surface area contributed by atoms with Crippen molar-refractivity contribution in [2.75, 3.05) is 5.75 Å². The molecular formula is C17H13F4NO3S. The fourth-order valence-electron chi connectivity index (χ4n) is 3.02. The molecule has 1 aliphatic rings. The lowest BCUT2D eigenvalue weighted by atomic mass is 9.97. The van der Waals surface area contributed by atoms with Gasteiger partial charge in [0.05, 0.1) is 10.6 Å². The highest BCUT2D eigenvalue weighted by Crippen LogP contribution is 2.39. The van der Waals surface area contributed by atoms with Crippen molar-refractivity contribution in [3.63, 3.8) is 0 Å². The molecule has 0 aliphatic carbocycles. The van der Waals surface area contributed by atoms with Gasteiger partial charge in [0, 0.05) is 23.8 Å². The number of fused-ring (bicyclic) bond motifs is 1. The molecule has 9 heteroatoms. The number of thioether (sulfide) groups is 1. The van der Waals surface area contributed by atoms with Crippen molar-refractivity contribution < 1.29 is 27.5 Å². The highest BCUT2D eigenvalue weighted by molar-refractivity contribution is 7.99. The summed E-state index contributed by atoms with van der Waals surface area (Å²) < 4.78 is 54.9. The minimum Gasteiger partial charge on any atom is -0.480 e. The molecule has 0 amide bonds. The number of carboxylic acid groups (broad SMARTS) is 1. The normalized spacial score (nSPS) is 16.6. The van der Waals surface area contributed by atoms with Gasteiger partial charge < -0.3 is 5.11 Å². The summed E-state index contributed by atoms with van der Waals surface area (Å²) >= 11 is 1.08. The first-order valence-electron chi connectivity index (χ1n) is 7.56. The molecule has 0 radical (unpaired) electrons. The first-order chi connectivity index (χ1) is 12.1. The lowest BCUT2D eigenvalue weighted by molar-refractivity contribution is -0.140. The van der Waals surface area contributed by atoms with Crippen LogP contribution in [0.4, 0.5) is 17.6 Å². The van der Waals surface area contributed by atoms with E-state index in [1.54, 1.807) is 6.92 Å². The molecule has 138 valence electrons. The maximum atomic E-state index is 14.2. The van der Waals surface area contributed by atoms with Crippen molar-refractivity contribution in [2.45, 2.75) is 30.6 Å². The van der Waals surface area contributed by atoms with Crippen LogP contribution in [0, 0.1) is 12.7 Å². The third-order valence-electron chi connectivity index (χ3n) is 4.28. The predicted octanol–water partition coefficient (Wildman–Crippen LogP) is 3.64. The van der Waals surface area contributed by atoms with Crippen molar-refractivity contribution in [1.29, 1.82) is 0 Å². The zero-order valence-electron chi connectivity index (χ0n) is 13.4. The Morgan fingerprint density at radius 3 is 2.65 bits per heavy atom. The average Bonchev–Trinajstić information content (AvgIpc) is 2.97. The van der Waals surface area contributed by atoms with Gasteiger partial charge in [0.15, 0.2) is 0 Å². The smallest absolute Gasteiger partial charge is 0.416 e. The predicted molar refractivity (Wildman–Crippen MR) is 87.0 cm³/mol. The number of hydrogen-bond donors (Lipinski definition) is 1. The summed E-state index contributed by atoms with van der Waals surface area (Å²) in [5, 5.41) is 9.52. The van der Waals surface area contributed by atoms with Crippen LogP contribution < -0.4 is 5.56 Å². The number of rotatable bonds is 3. The van der Waals surface area contributed by atoms with Crippen LogP contribution in [0.15, 0.2) is 34.1 Å². The molecule has 1 aromatic heterocycles. The first-order valence-corrected chi connectivity index (χ1v) is 8.55. The number of halogens is 4.